The van der Waals surface area contributed by atoms with E-state index in [1.807, 2.05) is 13.8 Å². The SMILES string of the molecule is C[C@H](N[C@@H]1CCN(S(C)(=O)=O)C[C@H]1C)c1ccc(F)c(Cl)c1. The fourth-order valence-electron chi connectivity index (χ4n) is 2.86. The van der Waals surface area contributed by atoms with Crippen LogP contribution in [-0.2, 0) is 10.0 Å². The fourth-order valence-corrected chi connectivity index (χ4v) is 3.99. The first-order valence-electron chi connectivity index (χ1n) is 7.34. The Morgan fingerprint density at radius 2 is 2.14 bits per heavy atom. The lowest BCUT2D eigenvalue weighted by Gasteiger charge is -2.37. The van der Waals surface area contributed by atoms with Crippen molar-refractivity contribution in [1.29, 1.82) is 0 Å². The first-order valence-corrected chi connectivity index (χ1v) is 9.57. The van der Waals surface area contributed by atoms with Gasteiger partial charge in [0.2, 0.25) is 10.0 Å². The Morgan fingerprint density at radius 1 is 1.45 bits per heavy atom. The van der Waals surface area contributed by atoms with Crippen molar-refractivity contribution in [2.75, 3.05) is 19.3 Å². The summed E-state index contributed by atoms with van der Waals surface area (Å²) in [7, 11) is -3.13. The molecule has 1 aliphatic heterocycles. The summed E-state index contributed by atoms with van der Waals surface area (Å²) in [6, 6.07) is 4.96. The molecule has 4 nitrogen and oxygen atoms in total. The molecule has 0 amide bonds. The van der Waals surface area contributed by atoms with E-state index in [9.17, 15) is 12.8 Å². The molecule has 1 aromatic carbocycles. The number of rotatable bonds is 4. The third-order valence-electron chi connectivity index (χ3n) is 4.24. The Kier molecular flexibility index (Phi) is 5.48. The van der Waals surface area contributed by atoms with E-state index < -0.39 is 15.8 Å². The van der Waals surface area contributed by atoms with Gasteiger partial charge in [-0.25, -0.2) is 17.1 Å². The maximum absolute atomic E-state index is 13.2. The summed E-state index contributed by atoms with van der Waals surface area (Å²) in [5.41, 5.74) is 0.921. The summed E-state index contributed by atoms with van der Waals surface area (Å²) < 4.78 is 38.0. The first-order chi connectivity index (χ1) is 10.2. The van der Waals surface area contributed by atoms with Gasteiger partial charge in [-0.1, -0.05) is 24.6 Å². The van der Waals surface area contributed by atoms with Crippen molar-refractivity contribution in [2.45, 2.75) is 32.4 Å². The lowest BCUT2D eigenvalue weighted by atomic mass is 9.93. The molecule has 2 rings (SSSR count). The van der Waals surface area contributed by atoms with Crippen molar-refractivity contribution in [2.24, 2.45) is 5.92 Å². The van der Waals surface area contributed by atoms with E-state index in [0.717, 1.165) is 12.0 Å². The summed E-state index contributed by atoms with van der Waals surface area (Å²) in [5.74, 6) is -0.214. The summed E-state index contributed by atoms with van der Waals surface area (Å²) in [5, 5.41) is 3.62. The molecular weight excluding hydrogens is 327 g/mol. The van der Waals surface area contributed by atoms with E-state index in [1.165, 1.54) is 16.6 Å². The van der Waals surface area contributed by atoms with Gasteiger partial charge in [-0.3, -0.25) is 0 Å². The summed E-state index contributed by atoms with van der Waals surface area (Å²) in [4.78, 5) is 0. The predicted molar refractivity (Wildman–Crippen MR) is 86.9 cm³/mol. The average Bonchev–Trinajstić information content (AvgIpc) is 2.42. The molecule has 0 unspecified atom stereocenters. The van der Waals surface area contributed by atoms with Gasteiger partial charge in [-0.05, 0) is 37.0 Å². The zero-order chi connectivity index (χ0) is 16.5. The van der Waals surface area contributed by atoms with Crippen LogP contribution in [0.15, 0.2) is 18.2 Å². The number of sulfonamides is 1. The van der Waals surface area contributed by atoms with Crippen LogP contribution in [0.25, 0.3) is 0 Å². The van der Waals surface area contributed by atoms with Crippen molar-refractivity contribution in [3.8, 4) is 0 Å². The molecule has 0 saturated carbocycles. The van der Waals surface area contributed by atoms with Gasteiger partial charge in [0.05, 0.1) is 11.3 Å². The minimum Gasteiger partial charge on any atom is -0.307 e. The molecule has 0 aliphatic carbocycles. The number of halogens is 2. The van der Waals surface area contributed by atoms with E-state index in [4.69, 9.17) is 11.6 Å². The van der Waals surface area contributed by atoms with Gasteiger partial charge >= 0.3 is 0 Å². The minimum absolute atomic E-state index is 0.0235. The standard InChI is InChI=1S/C15H22ClFN2O2S/c1-10-9-19(22(3,20)21)7-6-15(10)18-11(2)12-4-5-14(17)13(16)8-12/h4-5,8,10-11,15,18H,6-7,9H2,1-3H3/t10-,11+,15-/m1/s1. The third kappa shape index (κ3) is 4.19. The van der Waals surface area contributed by atoms with Gasteiger partial charge in [0, 0.05) is 25.2 Å². The average molecular weight is 349 g/mol. The number of benzene rings is 1. The van der Waals surface area contributed by atoms with Crippen LogP contribution in [0, 0.1) is 11.7 Å². The van der Waals surface area contributed by atoms with E-state index in [2.05, 4.69) is 5.32 Å². The topological polar surface area (TPSA) is 49.4 Å². The highest BCUT2D eigenvalue weighted by molar-refractivity contribution is 7.88. The second-order valence-electron chi connectivity index (χ2n) is 6.06. The second kappa shape index (κ2) is 6.83. The summed E-state index contributed by atoms with van der Waals surface area (Å²) in [6.07, 6.45) is 2.00. The summed E-state index contributed by atoms with van der Waals surface area (Å²) >= 11 is 5.82. The highest BCUT2D eigenvalue weighted by Gasteiger charge is 2.31. The third-order valence-corrected chi connectivity index (χ3v) is 5.80. The van der Waals surface area contributed by atoms with Crippen LogP contribution in [0.4, 0.5) is 4.39 Å². The van der Waals surface area contributed by atoms with Crippen molar-refractivity contribution < 1.29 is 12.8 Å². The molecule has 0 spiro atoms. The van der Waals surface area contributed by atoms with Crippen LogP contribution < -0.4 is 5.32 Å². The van der Waals surface area contributed by atoms with Gasteiger partial charge in [0.15, 0.2) is 0 Å². The van der Waals surface area contributed by atoms with Crippen molar-refractivity contribution in [3.05, 3.63) is 34.6 Å². The molecule has 0 aromatic heterocycles. The number of piperidine rings is 1. The molecule has 0 radical (unpaired) electrons. The molecule has 22 heavy (non-hydrogen) atoms. The Hall–Kier alpha value is -0.690. The normalized spacial score (nSPS) is 25.1. The van der Waals surface area contributed by atoms with Crippen molar-refractivity contribution in [3.63, 3.8) is 0 Å². The fraction of sp³-hybridized carbons (Fsp3) is 0.600. The van der Waals surface area contributed by atoms with Gasteiger partial charge in [0.1, 0.15) is 5.82 Å². The Morgan fingerprint density at radius 3 is 2.68 bits per heavy atom. The van der Waals surface area contributed by atoms with Crippen molar-refractivity contribution in [1.82, 2.24) is 9.62 Å². The molecule has 124 valence electrons. The van der Waals surface area contributed by atoms with E-state index in [-0.39, 0.29) is 23.0 Å². The minimum atomic E-state index is -3.13. The predicted octanol–water partition coefficient (Wildman–Crippen LogP) is 2.80. The molecule has 1 saturated heterocycles. The summed E-state index contributed by atoms with van der Waals surface area (Å²) in [6.45, 7) is 5.09. The molecule has 1 aliphatic rings. The maximum Gasteiger partial charge on any atom is 0.211 e. The van der Waals surface area contributed by atoms with Gasteiger partial charge in [-0.2, -0.15) is 0 Å². The monoisotopic (exact) mass is 348 g/mol. The molecule has 1 N–H and O–H groups in total. The Bertz CT molecular complexity index is 638. The molecule has 0 bridgehead atoms. The van der Waals surface area contributed by atoms with Gasteiger partial charge in [0.25, 0.3) is 0 Å². The Labute approximate surface area is 136 Å². The molecule has 1 aromatic rings. The number of nitrogens with zero attached hydrogens (tertiary/aromatic N) is 1. The van der Waals surface area contributed by atoms with Crippen LogP contribution in [0.5, 0.6) is 0 Å². The molecule has 7 heteroatoms. The number of hydrogen-bond donors (Lipinski definition) is 1. The molecular formula is C15H22ClFN2O2S. The smallest absolute Gasteiger partial charge is 0.211 e. The van der Waals surface area contributed by atoms with E-state index in [0.29, 0.717) is 13.1 Å². The quantitative estimate of drug-likeness (QED) is 0.910. The molecule has 3 atom stereocenters. The van der Waals surface area contributed by atoms with E-state index >= 15 is 0 Å². The van der Waals surface area contributed by atoms with E-state index in [1.54, 1.807) is 12.1 Å². The zero-order valence-electron chi connectivity index (χ0n) is 13.0. The van der Waals surface area contributed by atoms with Gasteiger partial charge < -0.3 is 5.32 Å². The molecule has 1 heterocycles. The maximum atomic E-state index is 13.2. The van der Waals surface area contributed by atoms with Crippen LogP contribution in [0.3, 0.4) is 0 Å². The lowest BCUT2D eigenvalue weighted by Crippen LogP contribution is -2.50. The van der Waals surface area contributed by atoms with Crippen LogP contribution in [-0.4, -0.2) is 38.1 Å². The zero-order valence-corrected chi connectivity index (χ0v) is 14.6. The largest absolute Gasteiger partial charge is 0.307 e. The first kappa shape index (κ1) is 17.7. The number of nitrogens with one attached hydrogen (secondary N) is 1. The van der Waals surface area contributed by atoms with Crippen LogP contribution in [0.1, 0.15) is 31.9 Å². The van der Waals surface area contributed by atoms with Gasteiger partial charge in [-0.15, -0.1) is 0 Å². The Balaban J connectivity index is 2.00. The second-order valence-corrected chi connectivity index (χ2v) is 8.44. The lowest BCUT2D eigenvalue weighted by molar-refractivity contribution is 0.210. The van der Waals surface area contributed by atoms with Crippen LogP contribution >= 0.6 is 11.6 Å². The number of hydrogen-bond acceptors (Lipinski definition) is 3. The van der Waals surface area contributed by atoms with Crippen LogP contribution in [0.2, 0.25) is 5.02 Å². The highest BCUT2D eigenvalue weighted by atomic mass is 35.5. The molecule has 1 fully saturated rings. The van der Waals surface area contributed by atoms with Crippen molar-refractivity contribution >= 4 is 21.6 Å². The highest BCUT2D eigenvalue weighted by Crippen LogP contribution is 2.24.